The Morgan fingerprint density at radius 3 is 2.59 bits per heavy atom. The number of hydrogen-bond acceptors (Lipinski definition) is 4. The lowest BCUT2D eigenvalue weighted by Gasteiger charge is -2.28. The molecule has 2 atom stereocenters. The standard InChI is InChI=1S/C17H21NO4/c1-13(19)21-12-15-9-5-6-10-16(15)18-17(20)22-11-14-7-3-2-4-8-14/h2-8,15-16H,9-12H2,1H3,(H,18,20)/t15-,16-/m0/s1. The molecule has 118 valence electrons. The Bertz CT molecular complexity index is 527. The molecular weight excluding hydrogens is 282 g/mol. The first-order valence-electron chi connectivity index (χ1n) is 7.40. The second-order valence-corrected chi connectivity index (χ2v) is 5.32. The van der Waals surface area contributed by atoms with Gasteiger partial charge in [-0.05, 0) is 18.4 Å². The Morgan fingerprint density at radius 2 is 1.86 bits per heavy atom. The zero-order valence-corrected chi connectivity index (χ0v) is 12.7. The topological polar surface area (TPSA) is 64.6 Å². The molecule has 0 radical (unpaired) electrons. The van der Waals surface area contributed by atoms with Gasteiger partial charge < -0.3 is 14.8 Å². The van der Waals surface area contributed by atoms with Gasteiger partial charge in [0, 0.05) is 18.9 Å². The predicted molar refractivity (Wildman–Crippen MR) is 82.0 cm³/mol. The van der Waals surface area contributed by atoms with E-state index in [0.717, 1.165) is 12.0 Å². The van der Waals surface area contributed by atoms with Gasteiger partial charge in [-0.1, -0.05) is 42.5 Å². The molecule has 5 heteroatoms. The van der Waals surface area contributed by atoms with Gasteiger partial charge in [0.1, 0.15) is 6.61 Å². The first-order valence-corrected chi connectivity index (χ1v) is 7.40. The fourth-order valence-corrected chi connectivity index (χ4v) is 2.37. The molecule has 0 heterocycles. The molecule has 0 aromatic heterocycles. The Kier molecular flexibility index (Phi) is 6.01. The van der Waals surface area contributed by atoms with Crippen LogP contribution in [-0.4, -0.2) is 24.7 Å². The van der Waals surface area contributed by atoms with Crippen LogP contribution in [0.1, 0.15) is 25.3 Å². The van der Waals surface area contributed by atoms with Crippen LogP contribution in [0, 0.1) is 5.92 Å². The van der Waals surface area contributed by atoms with E-state index in [4.69, 9.17) is 9.47 Å². The zero-order chi connectivity index (χ0) is 15.8. The van der Waals surface area contributed by atoms with Crippen LogP contribution in [0.4, 0.5) is 4.79 Å². The molecule has 1 aromatic rings. The van der Waals surface area contributed by atoms with Crippen LogP contribution in [0.25, 0.3) is 0 Å². The molecule has 0 saturated heterocycles. The number of carbonyl (C=O) groups is 2. The summed E-state index contributed by atoms with van der Waals surface area (Å²) in [5, 5.41) is 2.86. The van der Waals surface area contributed by atoms with Gasteiger partial charge in [0.15, 0.2) is 0 Å². The van der Waals surface area contributed by atoms with Crippen LogP contribution in [0.5, 0.6) is 0 Å². The van der Waals surface area contributed by atoms with Gasteiger partial charge in [-0.3, -0.25) is 4.79 Å². The number of benzene rings is 1. The normalized spacial score (nSPS) is 20.2. The lowest BCUT2D eigenvalue weighted by molar-refractivity contribution is -0.142. The van der Waals surface area contributed by atoms with Crippen molar-refractivity contribution >= 4 is 12.1 Å². The van der Waals surface area contributed by atoms with Crippen LogP contribution >= 0.6 is 0 Å². The minimum atomic E-state index is -0.447. The molecular formula is C17H21NO4. The number of alkyl carbamates (subject to hydrolysis) is 1. The largest absolute Gasteiger partial charge is 0.465 e. The van der Waals surface area contributed by atoms with Crippen molar-refractivity contribution in [1.82, 2.24) is 5.32 Å². The quantitative estimate of drug-likeness (QED) is 0.671. The van der Waals surface area contributed by atoms with Gasteiger partial charge in [0.25, 0.3) is 0 Å². The van der Waals surface area contributed by atoms with E-state index in [0.29, 0.717) is 13.0 Å². The van der Waals surface area contributed by atoms with Crippen molar-refractivity contribution in [1.29, 1.82) is 0 Å². The van der Waals surface area contributed by atoms with Gasteiger partial charge in [-0.25, -0.2) is 4.79 Å². The summed E-state index contributed by atoms with van der Waals surface area (Å²) in [6.45, 7) is 1.93. The summed E-state index contributed by atoms with van der Waals surface area (Å²) in [6.07, 6.45) is 5.11. The molecule has 0 aliphatic heterocycles. The summed E-state index contributed by atoms with van der Waals surface area (Å²) in [7, 11) is 0. The van der Waals surface area contributed by atoms with Gasteiger partial charge in [0.2, 0.25) is 0 Å². The van der Waals surface area contributed by atoms with Crippen molar-refractivity contribution in [3.63, 3.8) is 0 Å². The maximum Gasteiger partial charge on any atom is 0.407 e. The minimum absolute atomic E-state index is 0.0763. The average Bonchev–Trinajstić information content (AvgIpc) is 2.53. The van der Waals surface area contributed by atoms with Crippen LogP contribution in [0.3, 0.4) is 0 Å². The number of amides is 1. The summed E-state index contributed by atoms with van der Waals surface area (Å²) < 4.78 is 10.3. The van der Waals surface area contributed by atoms with Crippen molar-refractivity contribution in [2.75, 3.05) is 6.61 Å². The minimum Gasteiger partial charge on any atom is -0.465 e. The fraction of sp³-hybridized carbons (Fsp3) is 0.412. The van der Waals surface area contributed by atoms with E-state index in [1.165, 1.54) is 6.92 Å². The fourth-order valence-electron chi connectivity index (χ4n) is 2.37. The molecule has 22 heavy (non-hydrogen) atoms. The summed E-state index contributed by atoms with van der Waals surface area (Å²) >= 11 is 0. The first-order chi connectivity index (χ1) is 10.6. The Balaban J connectivity index is 1.80. The smallest absolute Gasteiger partial charge is 0.407 e. The molecule has 0 unspecified atom stereocenters. The zero-order valence-electron chi connectivity index (χ0n) is 12.7. The molecule has 1 aliphatic rings. The lowest BCUT2D eigenvalue weighted by atomic mass is 9.90. The van der Waals surface area contributed by atoms with E-state index in [1.807, 2.05) is 42.5 Å². The molecule has 2 rings (SSSR count). The number of allylic oxidation sites excluding steroid dienone is 1. The van der Waals surface area contributed by atoms with Crippen LogP contribution in [-0.2, 0) is 20.9 Å². The van der Waals surface area contributed by atoms with Gasteiger partial charge in [0.05, 0.1) is 6.61 Å². The van der Waals surface area contributed by atoms with Gasteiger partial charge >= 0.3 is 12.1 Å². The second-order valence-electron chi connectivity index (χ2n) is 5.32. The molecule has 1 aliphatic carbocycles. The third kappa shape index (κ3) is 5.24. The average molecular weight is 303 g/mol. The maximum absolute atomic E-state index is 11.9. The SMILES string of the molecule is CC(=O)OC[C@@H]1CC=CC[C@@H]1NC(=O)OCc1ccccc1. The highest BCUT2D eigenvalue weighted by Gasteiger charge is 2.25. The Morgan fingerprint density at radius 1 is 1.14 bits per heavy atom. The van der Waals surface area contributed by atoms with Crippen LogP contribution in [0.15, 0.2) is 42.5 Å². The lowest BCUT2D eigenvalue weighted by Crippen LogP contribution is -2.43. The summed E-state index contributed by atoms with van der Waals surface area (Å²) in [6, 6.07) is 9.44. The summed E-state index contributed by atoms with van der Waals surface area (Å²) in [4.78, 5) is 22.8. The molecule has 0 bridgehead atoms. The number of hydrogen-bond donors (Lipinski definition) is 1. The number of carbonyl (C=O) groups excluding carboxylic acids is 2. The Hall–Kier alpha value is -2.30. The van der Waals surface area contributed by atoms with E-state index >= 15 is 0 Å². The molecule has 0 saturated carbocycles. The van der Waals surface area contributed by atoms with E-state index in [1.54, 1.807) is 0 Å². The number of nitrogens with one attached hydrogen (secondary N) is 1. The molecule has 1 N–H and O–H groups in total. The molecule has 1 aromatic carbocycles. The monoisotopic (exact) mass is 303 g/mol. The highest BCUT2D eigenvalue weighted by atomic mass is 16.5. The maximum atomic E-state index is 11.9. The number of ether oxygens (including phenoxy) is 2. The number of rotatable bonds is 5. The third-order valence-electron chi connectivity index (χ3n) is 3.58. The van der Waals surface area contributed by atoms with Crippen molar-refractivity contribution in [2.24, 2.45) is 5.92 Å². The van der Waals surface area contributed by atoms with E-state index < -0.39 is 6.09 Å². The van der Waals surface area contributed by atoms with Crippen molar-refractivity contribution < 1.29 is 19.1 Å². The predicted octanol–water partition coefficient (Wildman–Crippen LogP) is 2.81. The molecule has 1 amide bonds. The highest BCUT2D eigenvalue weighted by Crippen LogP contribution is 2.20. The molecule has 0 fully saturated rings. The molecule has 0 spiro atoms. The van der Waals surface area contributed by atoms with Crippen LogP contribution in [0.2, 0.25) is 0 Å². The van der Waals surface area contributed by atoms with E-state index in [-0.39, 0.29) is 24.5 Å². The van der Waals surface area contributed by atoms with E-state index in [9.17, 15) is 9.59 Å². The van der Waals surface area contributed by atoms with Gasteiger partial charge in [-0.15, -0.1) is 0 Å². The van der Waals surface area contributed by atoms with Crippen molar-refractivity contribution in [3.05, 3.63) is 48.0 Å². The summed E-state index contributed by atoms with van der Waals surface area (Å²) in [5.74, 6) is -0.224. The van der Waals surface area contributed by atoms with Crippen LogP contribution < -0.4 is 5.32 Å². The summed E-state index contributed by atoms with van der Waals surface area (Å²) in [5.41, 5.74) is 0.942. The second kappa shape index (κ2) is 8.22. The van der Waals surface area contributed by atoms with E-state index in [2.05, 4.69) is 5.32 Å². The Labute approximate surface area is 130 Å². The van der Waals surface area contributed by atoms with Crippen molar-refractivity contribution in [3.8, 4) is 0 Å². The number of esters is 1. The van der Waals surface area contributed by atoms with Crippen molar-refractivity contribution in [2.45, 2.75) is 32.4 Å². The highest BCUT2D eigenvalue weighted by molar-refractivity contribution is 5.68. The molecule has 5 nitrogen and oxygen atoms in total. The third-order valence-corrected chi connectivity index (χ3v) is 3.58. The first kappa shape index (κ1) is 16.1. The van der Waals surface area contributed by atoms with Gasteiger partial charge in [-0.2, -0.15) is 0 Å².